The highest BCUT2D eigenvalue weighted by atomic mass is 35.5. The summed E-state index contributed by atoms with van der Waals surface area (Å²) in [6, 6.07) is 6.43. The third-order valence-corrected chi connectivity index (χ3v) is 4.86. The zero-order valence-corrected chi connectivity index (χ0v) is 11.6. The summed E-state index contributed by atoms with van der Waals surface area (Å²) in [4.78, 5) is 3.54. The number of piperidine rings is 1. The van der Waals surface area contributed by atoms with Gasteiger partial charge in [0.25, 0.3) is 0 Å². The van der Waals surface area contributed by atoms with Crippen molar-refractivity contribution in [3.8, 4) is 6.07 Å². The van der Waals surface area contributed by atoms with Gasteiger partial charge in [-0.05, 0) is 38.1 Å². The van der Waals surface area contributed by atoms with Gasteiger partial charge < -0.3 is 0 Å². The second-order valence-corrected chi connectivity index (χ2v) is 6.35. The Morgan fingerprint density at radius 1 is 1.35 bits per heavy atom. The SMILES string of the molecule is CC(c1ccc(Cl)s1)C(C#N)N1CCCCC1. The van der Waals surface area contributed by atoms with E-state index in [-0.39, 0.29) is 12.0 Å². The molecule has 0 bridgehead atoms. The molecule has 0 radical (unpaired) electrons. The highest BCUT2D eigenvalue weighted by molar-refractivity contribution is 7.16. The molecule has 92 valence electrons. The molecule has 1 aliphatic heterocycles. The summed E-state index contributed by atoms with van der Waals surface area (Å²) in [7, 11) is 0. The van der Waals surface area contributed by atoms with Crippen LogP contribution in [-0.4, -0.2) is 24.0 Å². The molecule has 1 aliphatic rings. The number of halogens is 1. The molecule has 2 unspecified atom stereocenters. The number of nitrogens with zero attached hydrogens (tertiary/aromatic N) is 2. The molecule has 0 N–H and O–H groups in total. The van der Waals surface area contributed by atoms with E-state index in [9.17, 15) is 5.26 Å². The van der Waals surface area contributed by atoms with Gasteiger partial charge in [0.1, 0.15) is 6.04 Å². The van der Waals surface area contributed by atoms with Crippen LogP contribution in [0.4, 0.5) is 0 Å². The van der Waals surface area contributed by atoms with E-state index < -0.39 is 0 Å². The molecule has 1 saturated heterocycles. The summed E-state index contributed by atoms with van der Waals surface area (Å²) in [5, 5.41) is 9.40. The quantitative estimate of drug-likeness (QED) is 0.832. The molecule has 2 heterocycles. The van der Waals surface area contributed by atoms with Crippen molar-refractivity contribution in [2.24, 2.45) is 0 Å². The van der Waals surface area contributed by atoms with E-state index in [1.807, 2.05) is 12.1 Å². The predicted octanol–water partition coefficient (Wildman–Crippen LogP) is 3.88. The van der Waals surface area contributed by atoms with Crippen LogP contribution in [0.15, 0.2) is 12.1 Å². The van der Waals surface area contributed by atoms with Gasteiger partial charge in [0.05, 0.1) is 10.4 Å². The number of hydrogen-bond acceptors (Lipinski definition) is 3. The monoisotopic (exact) mass is 268 g/mol. The lowest BCUT2D eigenvalue weighted by molar-refractivity contribution is 0.179. The fourth-order valence-electron chi connectivity index (χ4n) is 2.43. The summed E-state index contributed by atoms with van der Waals surface area (Å²) in [5.74, 6) is 0.246. The third kappa shape index (κ3) is 3.01. The first-order chi connectivity index (χ1) is 8.22. The lowest BCUT2D eigenvalue weighted by atomic mass is 9.97. The first kappa shape index (κ1) is 12.9. The van der Waals surface area contributed by atoms with Crippen LogP contribution in [0.25, 0.3) is 0 Å². The summed E-state index contributed by atoms with van der Waals surface area (Å²) in [6.07, 6.45) is 3.74. The van der Waals surface area contributed by atoms with Crippen molar-refractivity contribution in [3.05, 3.63) is 21.3 Å². The van der Waals surface area contributed by atoms with Crippen molar-refractivity contribution in [3.63, 3.8) is 0 Å². The molecule has 0 saturated carbocycles. The first-order valence-electron chi connectivity index (χ1n) is 6.11. The molecular formula is C13H17ClN2S. The van der Waals surface area contributed by atoms with Gasteiger partial charge in [-0.1, -0.05) is 24.9 Å². The lowest BCUT2D eigenvalue weighted by Crippen LogP contribution is -2.41. The summed E-state index contributed by atoms with van der Waals surface area (Å²) >= 11 is 7.55. The second kappa shape index (κ2) is 5.86. The Morgan fingerprint density at radius 3 is 2.59 bits per heavy atom. The predicted molar refractivity (Wildman–Crippen MR) is 72.6 cm³/mol. The molecule has 17 heavy (non-hydrogen) atoms. The van der Waals surface area contributed by atoms with Crippen LogP contribution in [-0.2, 0) is 0 Å². The standard InChI is InChI=1S/C13H17ClN2S/c1-10(12-5-6-13(14)17-12)11(9-15)16-7-3-2-4-8-16/h5-6,10-11H,2-4,7-8H2,1H3. The van der Waals surface area contributed by atoms with Gasteiger partial charge in [-0.15, -0.1) is 11.3 Å². The van der Waals surface area contributed by atoms with Crippen molar-refractivity contribution in [2.75, 3.05) is 13.1 Å². The van der Waals surface area contributed by atoms with Crippen molar-refractivity contribution < 1.29 is 0 Å². The fraction of sp³-hybridized carbons (Fsp3) is 0.615. The second-order valence-electron chi connectivity index (χ2n) is 4.60. The molecule has 0 aromatic carbocycles. The Labute approximate surface area is 112 Å². The molecule has 0 spiro atoms. The molecule has 2 rings (SSSR count). The topological polar surface area (TPSA) is 27.0 Å². The Balaban J connectivity index is 2.09. The fourth-order valence-corrected chi connectivity index (χ4v) is 3.58. The van der Waals surface area contributed by atoms with Crippen LogP contribution in [0.1, 0.15) is 37.0 Å². The van der Waals surface area contributed by atoms with Crippen molar-refractivity contribution >= 4 is 22.9 Å². The van der Waals surface area contributed by atoms with Crippen LogP contribution in [0, 0.1) is 11.3 Å². The molecule has 4 heteroatoms. The van der Waals surface area contributed by atoms with E-state index in [2.05, 4.69) is 17.9 Å². The number of rotatable bonds is 3. The Morgan fingerprint density at radius 2 is 2.06 bits per heavy atom. The van der Waals surface area contributed by atoms with Gasteiger partial charge in [-0.2, -0.15) is 5.26 Å². The van der Waals surface area contributed by atoms with E-state index in [4.69, 9.17) is 11.6 Å². The van der Waals surface area contributed by atoms with E-state index in [0.717, 1.165) is 17.4 Å². The van der Waals surface area contributed by atoms with Crippen LogP contribution < -0.4 is 0 Å². The minimum Gasteiger partial charge on any atom is -0.288 e. The minimum absolute atomic E-state index is 0.00924. The van der Waals surface area contributed by atoms with Crippen molar-refractivity contribution in [2.45, 2.75) is 38.1 Å². The summed E-state index contributed by atoms with van der Waals surface area (Å²) < 4.78 is 0.808. The Hall–Kier alpha value is -0.560. The minimum atomic E-state index is -0.00924. The van der Waals surface area contributed by atoms with Crippen molar-refractivity contribution in [1.29, 1.82) is 5.26 Å². The first-order valence-corrected chi connectivity index (χ1v) is 7.30. The van der Waals surface area contributed by atoms with Crippen LogP contribution >= 0.6 is 22.9 Å². The highest BCUT2D eigenvalue weighted by Crippen LogP contribution is 2.32. The molecular weight excluding hydrogens is 252 g/mol. The van der Waals surface area contributed by atoms with Crippen LogP contribution in [0.3, 0.4) is 0 Å². The van der Waals surface area contributed by atoms with Gasteiger partial charge >= 0.3 is 0 Å². The van der Waals surface area contributed by atoms with Crippen LogP contribution in [0.2, 0.25) is 4.34 Å². The molecule has 1 aromatic rings. The average molecular weight is 269 g/mol. The summed E-state index contributed by atoms with van der Waals surface area (Å²) in [6.45, 7) is 4.24. The Bertz CT molecular complexity index is 404. The van der Waals surface area contributed by atoms with Gasteiger partial charge in [0, 0.05) is 10.8 Å². The molecule has 0 amide bonds. The zero-order valence-electron chi connectivity index (χ0n) is 10.0. The average Bonchev–Trinajstić information content (AvgIpc) is 2.78. The zero-order chi connectivity index (χ0) is 12.3. The maximum atomic E-state index is 9.40. The Kier molecular flexibility index (Phi) is 4.44. The highest BCUT2D eigenvalue weighted by Gasteiger charge is 2.27. The maximum Gasteiger partial charge on any atom is 0.105 e. The normalized spacial score (nSPS) is 20.8. The smallest absolute Gasteiger partial charge is 0.105 e. The largest absolute Gasteiger partial charge is 0.288 e. The van der Waals surface area contributed by atoms with E-state index in [0.29, 0.717) is 0 Å². The lowest BCUT2D eigenvalue weighted by Gasteiger charge is -2.33. The maximum absolute atomic E-state index is 9.40. The number of hydrogen-bond donors (Lipinski definition) is 0. The molecule has 2 atom stereocenters. The number of nitriles is 1. The van der Waals surface area contributed by atoms with E-state index in [1.54, 1.807) is 11.3 Å². The van der Waals surface area contributed by atoms with E-state index >= 15 is 0 Å². The van der Waals surface area contributed by atoms with Gasteiger partial charge in [-0.3, -0.25) is 4.90 Å². The number of thiophene rings is 1. The molecule has 1 fully saturated rings. The number of likely N-dealkylation sites (tertiary alicyclic amines) is 1. The summed E-state index contributed by atoms with van der Waals surface area (Å²) in [5.41, 5.74) is 0. The molecule has 1 aromatic heterocycles. The molecule has 2 nitrogen and oxygen atoms in total. The molecule has 0 aliphatic carbocycles. The van der Waals surface area contributed by atoms with Gasteiger partial charge in [0.15, 0.2) is 0 Å². The van der Waals surface area contributed by atoms with Crippen molar-refractivity contribution in [1.82, 2.24) is 4.90 Å². The van der Waals surface area contributed by atoms with Gasteiger partial charge in [0.2, 0.25) is 0 Å². The van der Waals surface area contributed by atoms with Crippen LogP contribution in [0.5, 0.6) is 0 Å². The van der Waals surface area contributed by atoms with Gasteiger partial charge in [-0.25, -0.2) is 0 Å². The van der Waals surface area contributed by atoms with E-state index in [1.165, 1.54) is 24.1 Å². The third-order valence-electron chi connectivity index (χ3n) is 3.43.